The van der Waals surface area contributed by atoms with E-state index in [0.717, 1.165) is 23.8 Å². The average Bonchev–Trinajstić information content (AvgIpc) is 2.56. The molecule has 0 fully saturated rings. The fraction of sp³-hybridized carbons (Fsp3) is 0.294. The summed E-state index contributed by atoms with van der Waals surface area (Å²) in [7, 11) is -3.22. The van der Waals surface area contributed by atoms with Crippen LogP contribution < -0.4 is 10.1 Å². The predicted molar refractivity (Wildman–Crippen MR) is 85.7 cm³/mol. The molecule has 0 saturated heterocycles. The van der Waals surface area contributed by atoms with E-state index in [1.54, 1.807) is 24.3 Å². The van der Waals surface area contributed by atoms with Crippen LogP contribution in [-0.2, 0) is 9.84 Å². The van der Waals surface area contributed by atoms with Crippen LogP contribution >= 0.6 is 0 Å². The number of halogens is 2. The third-order valence-electron chi connectivity index (χ3n) is 3.95. The Morgan fingerprint density at radius 3 is 2.79 bits per heavy atom. The molecule has 2 aromatic rings. The highest BCUT2D eigenvalue weighted by Crippen LogP contribution is 2.31. The molecule has 1 atom stereocenters. The molecule has 3 rings (SSSR count). The number of ether oxygens (including phenoxy) is 1. The molecule has 4 nitrogen and oxygen atoms in total. The van der Waals surface area contributed by atoms with E-state index in [1.165, 1.54) is 0 Å². The van der Waals surface area contributed by atoms with Gasteiger partial charge in [-0.1, -0.05) is 18.2 Å². The second-order valence-electron chi connectivity index (χ2n) is 5.58. The molecule has 0 aromatic heterocycles. The van der Waals surface area contributed by atoms with Crippen LogP contribution in [0.3, 0.4) is 0 Å². The standard InChI is InChI=1S/C17H17F2NO3S/c18-12-5-6-14(19)16(11-12)23-9-8-20-15-7-10-24(21,22)17-4-2-1-3-13(15)17/h1-6,11,15,20H,7-10H2. The first-order valence-corrected chi connectivity index (χ1v) is 9.25. The van der Waals surface area contributed by atoms with Gasteiger partial charge in [0.25, 0.3) is 0 Å². The van der Waals surface area contributed by atoms with Crippen molar-refractivity contribution in [2.24, 2.45) is 0 Å². The summed E-state index contributed by atoms with van der Waals surface area (Å²) in [4.78, 5) is 0.353. The van der Waals surface area contributed by atoms with E-state index >= 15 is 0 Å². The van der Waals surface area contributed by atoms with Crippen molar-refractivity contribution in [2.45, 2.75) is 17.4 Å². The van der Waals surface area contributed by atoms with Crippen molar-refractivity contribution in [1.29, 1.82) is 0 Å². The maximum atomic E-state index is 13.5. The molecule has 0 amide bonds. The molecule has 7 heteroatoms. The van der Waals surface area contributed by atoms with E-state index in [0.29, 0.717) is 17.9 Å². The van der Waals surface area contributed by atoms with Gasteiger partial charge < -0.3 is 10.1 Å². The minimum atomic E-state index is -3.22. The lowest BCUT2D eigenvalue weighted by Crippen LogP contribution is -2.32. The second-order valence-corrected chi connectivity index (χ2v) is 7.65. The summed E-state index contributed by atoms with van der Waals surface area (Å²) in [6, 6.07) is 9.83. The maximum Gasteiger partial charge on any atom is 0.178 e. The predicted octanol–water partition coefficient (Wildman–Crippen LogP) is 2.85. The molecule has 1 unspecified atom stereocenters. The Labute approximate surface area is 139 Å². The van der Waals surface area contributed by atoms with Crippen LogP contribution in [0.15, 0.2) is 47.4 Å². The molecule has 1 aliphatic rings. The smallest absolute Gasteiger partial charge is 0.178 e. The fourth-order valence-electron chi connectivity index (χ4n) is 2.78. The largest absolute Gasteiger partial charge is 0.489 e. The van der Waals surface area contributed by atoms with Crippen molar-refractivity contribution in [3.63, 3.8) is 0 Å². The van der Waals surface area contributed by atoms with Gasteiger partial charge in [0.05, 0.1) is 10.6 Å². The van der Waals surface area contributed by atoms with Crippen molar-refractivity contribution in [2.75, 3.05) is 18.9 Å². The Hall–Kier alpha value is -1.99. The molecular formula is C17H17F2NO3S. The summed E-state index contributed by atoms with van der Waals surface area (Å²) >= 11 is 0. The van der Waals surface area contributed by atoms with Gasteiger partial charge in [-0.05, 0) is 30.2 Å². The van der Waals surface area contributed by atoms with E-state index in [4.69, 9.17) is 4.74 Å². The molecular weight excluding hydrogens is 336 g/mol. The summed E-state index contributed by atoms with van der Waals surface area (Å²) < 4.78 is 55.9. The van der Waals surface area contributed by atoms with Crippen molar-refractivity contribution >= 4 is 9.84 Å². The van der Waals surface area contributed by atoms with Gasteiger partial charge in [-0.15, -0.1) is 0 Å². The number of hydrogen-bond acceptors (Lipinski definition) is 4. The highest BCUT2D eigenvalue weighted by molar-refractivity contribution is 7.91. The highest BCUT2D eigenvalue weighted by atomic mass is 32.2. The normalized spacial score (nSPS) is 18.8. The van der Waals surface area contributed by atoms with Gasteiger partial charge in [0.2, 0.25) is 0 Å². The van der Waals surface area contributed by atoms with Gasteiger partial charge in [0.15, 0.2) is 21.4 Å². The average molecular weight is 353 g/mol. The van der Waals surface area contributed by atoms with Crippen molar-refractivity contribution in [3.05, 3.63) is 59.7 Å². The lowest BCUT2D eigenvalue weighted by molar-refractivity contribution is 0.288. The molecule has 1 heterocycles. The summed E-state index contributed by atoms with van der Waals surface area (Å²) in [5.41, 5.74) is 0.737. The van der Waals surface area contributed by atoms with E-state index in [2.05, 4.69) is 5.32 Å². The summed E-state index contributed by atoms with van der Waals surface area (Å²) in [5, 5.41) is 3.21. The number of sulfone groups is 1. The SMILES string of the molecule is O=S1(=O)CCC(NCCOc2cc(F)ccc2F)c2ccccc21. The van der Waals surface area contributed by atoms with Crippen LogP contribution in [0.5, 0.6) is 5.75 Å². The van der Waals surface area contributed by atoms with Crippen molar-refractivity contribution in [1.82, 2.24) is 5.32 Å². The van der Waals surface area contributed by atoms with Gasteiger partial charge in [0.1, 0.15) is 12.4 Å². The third kappa shape index (κ3) is 3.57. The number of benzene rings is 2. The van der Waals surface area contributed by atoms with Crippen LogP contribution in [-0.4, -0.2) is 27.3 Å². The van der Waals surface area contributed by atoms with E-state index in [1.807, 2.05) is 0 Å². The molecule has 0 saturated carbocycles. The molecule has 0 spiro atoms. The molecule has 24 heavy (non-hydrogen) atoms. The van der Waals surface area contributed by atoms with E-state index in [-0.39, 0.29) is 24.2 Å². The molecule has 1 aliphatic heterocycles. The molecule has 128 valence electrons. The topological polar surface area (TPSA) is 55.4 Å². The zero-order valence-electron chi connectivity index (χ0n) is 12.8. The Bertz CT molecular complexity index is 839. The molecule has 0 aliphatic carbocycles. The van der Waals surface area contributed by atoms with Gasteiger partial charge in [0, 0.05) is 18.7 Å². The first kappa shape index (κ1) is 16.9. The number of hydrogen-bond donors (Lipinski definition) is 1. The minimum absolute atomic E-state index is 0.0844. The zero-order chi connectivity index (χ0) is 17.2. The number of nitrogens with one attached hydrogen (secondary N) is 1. The second kappa shape index (κ2) is 6.86. The molecule has 2 aromatic carbocycles. The van der Waals surface area contributed by atoms with Crippen LogP contribution in [0.4, 0.5) is 8.78 Å². The van der Waals surface area contributed by atoms with Gasteiger partial charge >= 0.3 is 0 Å². The first-order valence-electron chi connectivity index (χ1n) is 7.60. The highest BCUT2D eigenvalue weighted by Gasteiger charge is 2.29. The maximum absolute atomic E-state index is 13.5. The van der Waals surface area contributed by atoms with Crippen LogP contribution in [0.25, 0.3) is 0 Å². The fourth-order valence-corrected chi connectivity index (χ4v) is 4.41. The van der Waals surface area contributed by atoms with Gasteiger partial charge in [-0.3, -0.25) is 0 Å². The molecule has 0 radical (unpaired) electrons. The summed E-state index contributed by atoms with van der Waals surface area (Å²) in [5.74, 6) is -1.24. The Morgan fingerprint density at radius 2 is 1.96 bits per heavy atom. The Morgan fingerprint density at radius 1 is 1.17 bits per heavy atom. The van der Waals surface area contributed by atoms with Crippen molar-refractivity contribution in [3.8, 4) is 5.75 Å². The Balaban J connectivity index is 1.61. The van der Waals surface area contributed by atoms with Crippen LogP contribution in [0, 0.1) is 11.6 Å². The lowest BCUT2D eigenvalue weighted by atomic mass is 10.0. The third-order valence-corrected chi connectivity index (χ3v) is 5.76. The van der Waals surface area contributed by atoms with E-state index in [9.17, 15) is 17.2 Å². The minimum Gasteiger partial charge on any atom is -0.489 e. The summed E-state index contributed by atoms with van der Waals surface area (Å²) in [6.07, 6.45) is 0.466. The molecule has 0 bridgehead atoms. The molecule has 1 N–H and O–H groups in total. The van der Waals surface area contributed by atoms with Gasteiger partial charge in [-0.25, -0.2) is 17.2 Å². The summed E-state index contributed by atoms with van der Waals surface area (Å²) in [6.45, 7) is 0.529. The zero-order valence-corrected chi connectivity index (χ0v) is 13.7. The van der Waals surface area contributed by atoms with Crippen LogP contribution in [0.1, 0.15) is 18.0 Å². The van der Waals surface area contributed by atoms with E-state index < -0.39 is 21.5 Å². The van der Waals surface area contributed by atoms with Crippen molar-refractivity contribution < 1.29 is 21.9 Å². The Kier molecular flexibility index (Phi) is 4.82. The number of fused-ring (bicyclic) bond motifs is 1. The number of rotatable bonds is 5. The monoisotopic (exact) mass is 353 g/mol. The first-order chi connectivity index (χ1) is 11.5. The van der Waals surface area contributed by atoms with Gasteiger partial charge in [-0.2, -0.15) is 0 Å². The lowest BCUT2D eigenvalue weighted by Gasteiger charge is -2.26. The quantitative estimate of drug-likeness (QED) is 0.840. The van der Waals surface area contributed by atoms with Crippen LogP contribution in [0.2, 0.25) is 0 Å².